The summed E-state index contributed by atoms with van der Waals surface area (Å²) < 4.78 is 0. The molecule has 37 heavy (non-hydrogen) atoms. The summed E-state index contributed by atoms with van der Waals surface area (Å²) in [4.78, 5) is 12.9. The highest BCUT2D eigenvalue weighted by Crippen LogP contribution is 2.28. The second-order valence-electron chi connectivity index (χ2n) is 11.6. The molecule has 1 atom stereocenters. The number of piperidine rings is 1. The van der Waals surface area contributed by atoms with Crippen LogP contribution < -0.4 is 16.0 Å². The second-order valence-corrected chi connectivity index (χ2v) is 11.6. The average Bonchev–Trinajstić information content (AvgIpc) is 2.86. The molecule has 0 radical (unpaired) electrons. The molecule has 4 rings (SSSR count). The van der Waals surface area contributed by atoms with Gasteiger partial charge in [0.1, 0.15) is 0 Å². The Bertz CT molecular complexity index is 1150. The first-order valence-corrected chi connectivity index (χ1v) is 13.4. The van der Waals surface area contributed by atoms with E-state index >= 15 is 0 Å². The molecule has 0 saturated carbocycles. The molecule has 0 bridgehead atoms. The molecular formula is C33H41N3O. The summed E-state index contributed by atoms with van der Waals surface area (Å²) in [6, 6.07) is 29.4. The Kier molecular flexibility index (Phi) is 8.63. The lowest BCUT2D eigenvalue weighted by molar-refractivity contribution is -0.117. The van der Waals surface area contributed by atoms with Crippen molar-refractivity contribution in [1.29, 1.82) is 0 Å². The maximum Gasteiger partial charge on any atom is 0.244 e. The number of nitrogens with one attached hydrogen (secondary N) is 3. The Morgan fingerprint density at radius 3 is 2.05 bits per heavy atom. The van der Waals surface area contributed by atoms with E-state index in [0.29, 0.717) is 6.04 Å². The van der Waals surface area contributed by atoms with Crippen LogP contribution in [0.4, 0.5) is 0 Å². The van der Waals surface area contributed by atoms with Gasteiger partial charge in [-0.1, -0.05) is 84.9 Å². The lowest BCUT2D eigenvalue weighted by Gasteiger charge is -2.47. The topological polar surface area (TPSA) is 53.2 Å². The summed E-state index contributed by atoms with van der Waals surface area (Å²) in [5, 5.41) is 10.8. The van der Waals surface area contributed by atoms with E-state index in [1.807, 2.05) is 42.5 Å². The Hall–Kier alpha value is -3.21. The summed E-state index contributed by atoms with van der Waals surface area (Å²) in [6.45, 7) is 9.80. The molecule has 194 valence electrons. The normalized spacial score (nSPS) is 17.9. The zero-order valence-corrected chi connectivity index (χ0v) is 22.6. The van der Waals surface area contributed by atoms with E-state index in [0.717, 1.165) is 31.4 Å². The van der Waals surface area contributed by atoms with E-state index < -0.39 is 0 Å². The number of carbonyl (C=O) groups excluding carboxylic acids is 1. The molecule has 0 aromatic heterocycles. The van der Waals surface area contributed by atoms with E-state index in [1.165, 1.54) is 16.7 Å². The van der Waals surface area contributed by atoms with Crippen molar-refractivity contribution in [3.8, 4) is 11.1 Å². The maximum absolute atomic E-state index is 12.9. The SMILES string of the molecule is CC1(C)CC(NC[C@H](Cc2ccc(-c3ccccc3)cc2)NC(=O)C=Cc2ccccc2)CC(C)(C)N1. The summed E-state index contributed by atoms with van der Waals surface area (Å²) in [7, 11) is 0. The molecule has 0 spiro atoms. The largest absolute Gasteiger partial charge is 0.348 e. The van der Waals surface area contributed by atoms with Crippen LogP contribution in [0.1, 0.15) is 51.7 Å². The maximum atomic E-state index is 12.9. The summed E-state index contributed by atoms with van der Waals surface area (Å²) in [5.41, 5.74) is 4.79. The molecule has 1 amide bonds. The number of rotatable bonds is 9. The van der Waals surface area contributed by atoms with E-state index in [1.54, 1.807) is 6.08 Å². The number of hydrogen-bond donors (Lipinski definition) is 3. The van der Waals surface area contributed by atoms with Crippen molar-refractivity contribution >= 4 is 12.0 Å². The fourth-order valence-electron chi connectivity index (χ4n) is 5.68. The molecule has 3 aromatic carbocycles. The van der Waals surface area contributed by atoms with Crippen molar-refractivity contribution < 1.29 is 4.79 Å². The smallest absolute Gasteiger partial charge is 0.244 e. The third kappa shape index (κ3) is 8.41. The van der Waals surface area contributed by atoms with Crippen LogP contribution in [0.15, 0.2) is 91.0 Å². The minimum absolute atomic E-state index is 0.0170. The highest BCUT2D eigenvalue weighted by molar-refractivity contribution is 5.91. The molecule has 4 heteroatoms. The highest BCUT2D eigenvalue weighted by atomic mass is 16.1. The number of carbonyl (C=O) groups is 1. The Morgan fingerprint density at radius 1 is 0.865 bits per heavy atom. The zero-order valence-electron chi connectivity index (χ0n) is 22.6. The number of hydrogen-bond acceptors (Lipinski definition) is 3. The minimum atomic E-state index is -0.0671. The molecule has 1 aliphatic rings. The standard InChI is InChI=1S/C33H41N3O/c1-32(2)22-30(23-33(3,4)36-32)34-24-29(35-31(37)20-17-25-11-7-5-8-12-25)21-26-15-18-28(19-16-26)27-13-9-6-10-14-27/h5-20,29-30,34,36H,21-24H2,1-4H3,(H,35,37)/t29-/m0/s1. The van der Waals surface area contributed by atoms with Gasteiger partial charge in [-0.3, -0.25) is 4.79 Å². The van der Waals surface area contributed by atoms with E-state index in [4.69, 9.17) is 0 Å². The van der Waals surface area contributed by atoms with E-state index in [-0.39, 0.29) is 23.0 Å². The van der Waals surface area contributed by atoms with E-state index in [9.17, 15) is 4.79 Å². The molecule has 3 aromatic rings. The van der Waals surface area contributed by atoms with Gasteiger partial charge < -0.3 is 16.0 Å². The molecule has 1 fully saturated rings. The quantitative estimate of drug-likeness (QED) is 0.320. The van der Waals surface area contributed by atoms with Crippen molar-refractivity contribution in [2.24, 2.45) is 0 Å². The molecule has 3 N–H and O–H groups in total. The monoisotopic (exact) mass is 495 g/mol. The van der Waals surface area contributed by atoms with Crippen LogP contribution in [-0.2, 0) is 11.2 Å². The van der Waals surface area contributed by atoms with Gasteiger partial charge in [-0.2, -0.15) is 0 Å². The summed E-state index contributed by atoms with van der Waals surface area (Å²) >= 11 is 0. The van der Waals surface area contributed by atoms with Crippen LogP contribution in [0.25, 0.3) is 17.2 Å². The van der Waals surface area contributed by atoms with Gasteiger partial charge in [-0.05, 0) is 75.3 Å². The van der Waals surface area contributed by atoms with Crippen LogP contribution >= 0.6 is 0 Å². The van der Waals surface area contributed by atoms with Crippen LogP contribution in [0.5, 0.6) is 0 Å². The second kappa shape index (κ2) is 11.9. The van der Waals surface area contributed by atoms with Crippen molar-refractivity contribution in [3.63, 3.8) is 0 Å². The van der Waals surface area contributed by atoms with Crippen molar-refractivity contribution in [2.45, 2.75) is 70.1 Å². The van der Waals surface area contributed by atoms with Crippen molar-refractivity contribution in [1.82, 2.24) is 16.0 Å². The molecular weight excluding hydrogens is 454 g/mol. The van der Waals surface area contributed by atoms with Crippen molar-refractivity contribution in [2.75, 3.05) is 6.54 Å². The van der Waals surface area contributed by atoms with Gasteiger partial charge >= 0.3 is 0 Å². The summed E-state index contributed by atoms with van der Waals surface area (Å²) in [6.07, 6.45) is 6.38. The van der Waals surface area contributed by atoms with Gasteiger partial charge in [0.05, 0.1) is 0 Å². The average molecular weight is 496 g/mol. The van der Waals surface area contributed by atoms with Gasteiger partial charge in [0.2, 0.25) is 5.91 Å². The van der Waals surface area contributed by atoms with Crippen LogP contribution in [0.2, 0.25) is 0 Å². The first-order valence-electron chi connectivity index (χ1n) is 13.4. The first kappa shape index (κ1) is 26.8. The Labute approximate surface area is 222 Å². The Morgan fingerprint density at radius 2 is 1.43 bits per heavy atom. The third-order valence-electron chi connectivity index (χ3n) is 6.96. The highest BCUT2D eigenvalue weighted by Gasteiger charge is 2.37. The molecule has 0 unspecified atom stereocenters. The van der Waals surface area contributed by atoms with Crippen LogP contribution in [0, 0.1) is 0 Å². The predicted molar refractivity (Wildman–Crippen MR) is 155 cm³/mol. The minimum Gasteiger partial charge on any atom is -0.348 e. The molecule has 1 aliphatic heterocycles. The van der Waals surface area contributed by atoms with Gasteiger partial charge in [-0.25, -0.2) is 0 Å². The van der Waals surface area contributed by atoms with E-state index in [2.05, 4.69) is 92.2 Å². The van der Waals surface area contributed by atoms with Gasteiger partial charge in [0.15, 0.2) is 0 Å². The number of amides is 1. The zero-order chi connectivity index (χ0) is 26.3. The fourth-order valence-corrected chi connectivity index (χ4v) is 5.68. The molecule has 1 heterocycles. The lowest BCUT2D eigenvalue weighted by Crippen LogP contribution is -2.62. The Balaban J connectivity index is 1.44. The van der Waals surface area contributed by atoms with Crippen LogP contribution in [0.3, 0.4) is 0 Å². The molecule has 1 saturated heterocycles. The fraction of sp³-hybridized carbons (Fsp3) is 0.364. The van der Waals surface area contributed by atoms with Gasteiger partial charge in [0, 0.05) is 35.8 Å². The lowest BCUT2D eigenvalue weighted by atomic mass is 9.79. The van der Waals surface area contributed by atoms with Gasteiger partial charge in [0.25, 0.3) is 0 Å². The summed E-state index contributed by atoms with van der Waals surface area (Å²) in [5.74, 6) is -0.0671. The third-order valence-corrected chi connectivity index (χ3v) is 6.96. The number of benzene rings is 3. The predicted octanol–water partition coefficient (Wildman–Crippen LogP) is 5.99. The molecule has 4 nitrogen and oxygen atoms in total. The van der Waals surface area contributed by atoms with Crippen LogP contribution in [-0.4, -0.2) is 35.6 Å². The van der Waals surface area contributed by atoms with Crippen molar-refractivity contribution in [3.05, 3.63) is 102 Å². The first-order chi connectivity index (χ1) is 17.7. The van der Waals surface area contributed by atoms with Gasteiger partial charge in [-0.15, -0.1) is 0 Å². The molecule has 0 aliphatic carbocycles.